The first-order chi connectivity index (χ1) is 12.1. The second kappa shape index (κ2) is 6.75. The molecule has 1 fully saturated rings. The standard InChI is InChI=1S/C20H23N3OS/c1-22(19-21-17-9-5-6-10-18(17)25-19)14-20(24)11-12-23(15-20)13-16-7-3-2-4-8-16/h2-10,24H,11-15H2,1H3. The summed E-state index contributed by atoms with van der Waals surface area (Å²) < 4.78 is 1.19. The van der Waals surface area contributed by atoms with Crippen LogP contribution in [0.5, 0.6) is 0 Å². The molecule has 1 aliphatic rings. The highest BCUT2D eigenvalue weighted by molar-refractivity contribution is 7.22. The van der Waals surface area contributed by atoms with Crippen molar-refractivity contribution in [3.05, 3.63) is 60.2 Å². The minimum Gasteiger partial charge on any atom is -0.387 e. The van der Waals surface area contributed by atoms with E-state index in [1.165, 1.54) is 10.3 Å². The molecule has 1 aliphatic heterocycles. The fraction of sp³-hybridized carbons (Fsp3) is 0.350. The number of anilines is 1. The van der Waals surface area contributed by atoms with Gasteiger partial charge in [0.15, 0.2) is 5.13 Å². The molecule has 1 unspecified atom stereocenters. The maximum Gasteiger partial charge on any atom is 0.186 e. The van der Waals surface area contributed by atoms with Crippen molar-refractivity contribution in [3.8, 4) is 0 Å². The topological polar surface area (TPSA) is 39.6 Å². The van der Waals surface area contributed by atoms with Gasteiger partial charge in [0.05, 0.1) is 15.8 Å². The average Bonchev–Trinajstić information content (AvgIpc) is 3.19. The normalized spacial score (nSPS) is 21.0. The van der Waals surface area contributed by atoms with Gasteiger partial charge >= 0.3 is 0 Å². The maximum atomic E-state index is 11.0. The molecule has 1 atom stereocenters. The summed E-state index contributed by atoms with van der Waals surface area (Å²) in [7, 11) is 2.02. The second-order valence-electron chi connectivity index (χ2n) is 6.99. The van der Waals surface area contributed by atoms with E-state index in [4.69, 9.17) is 4.98 Å². The fourth-order valence-electron chi connectivity index (χ4n) is 3.58. The number of likely N-dealkylation sites (N-methyl/N-ethyl adjacent to an activating group) is 1. The van der Waals surface area contributed by atoms with E-state index in [0.29, 0.717) is 13.1 Å². The molecule has 2 heterocycles. The van der Waals surface area contributed by atoms with E-state index in [1.807, 2.05) is 31.3 Å². The predicted molar refractivity (Wildman–Crippen MR) is 104 cm³/mol. The molecule has 4 nitrogen and oxygen atoms in total. The van der Waals surface area contributed by atoms with Crippen LogP contribution in [0.3, 0.4) is 0 Å². The van der Waals surface area contributed by atoms with E-state index in [0.717, 1.165) is 30.2 Å². The highest BCUT2D eigenvalue weighted by atomic mass is 32.1. The van der Waals surface area contributed by atoms with Gasteiger partial charge in [-0.15, -0.1) is 0 Å². The summed E-state index contributed by atoms with van der Waals surface area (Å²) in [5, 5.41) is 12.0. The molecule has 0 bridgehead atoms. The zero-order valence-electron chi connectivity index (χ0n) is 14.4. The Balaban J connectivity index is 1.41. The van der Waals surface area contributed by atoms with Crippen molar-refractivity contribution in [2.45, 2.75) is 18.6 Å². The van der Waals surface area contributed by atoms with E-state index >= 15 is 0 Å². The molecule has 0 spiro atoms. The molecular formula is C20H23N3OS. The van der Waals surface area contributed by atoms with Crippen LogP contribution in [-0.4, -0.2) is 47.3 Å². The zero-order valence-corrected chi connectivity index (χ0v) is 15.2. The van der Waals surface area contributed by atoms with Gasteiger partial charge in [-0.1, -0.05) is 53.8 Å². The first-order valence-corrected chi connectivity index (χ1v) is 9.48. The molecule has 3 aromatic rings. The van der Waals surface area contributed by atoms with E-state index in [1.54, 1.807) is 11.3 Å². The predicted octanol–water partition coefficient (Wildman–Crippen LogP) is 3.37. The van der Waals surface area contributed by atoms with Crippen LogP contribution in [0, 0.1) is 0 Å². The van der Waals surface area contributed by atoms with Gasteiger partial charge in [0.2, 0.25) is 0 Å². The van der Waals surface area contributed by atoms with Crippen LogP contribution in [0.4, 0.5) is 5.13 Å². The third-order valence-electron chi connectivity index (χ3n) is 4.80. The molecule has 4 rings (SSSR count). The number of hydrogen-bond donors (Lipinski definition) is 1. The van der Waals surface area contributed by atoms with Crippen molar-refractivity contribution in [1.29, 1.82) is 0 Å². The summed E-state index contributed by atoms with van der Waals surface area (Å²) in [4.78, 5) is 9.12. The van der Waals surface area contributed by atoms with E-state index in [2.05, 4.69) is 40.1 Å². The van der Waals surface area contributed by atoms with Crippen LogP contribution in [-0.2, 0) is 6.54 Å². The average molecular weight is 353 g/mol. The van der Waals surface area contributed by atoms with E-state index in [9.17, 15) is 5.11 Å². The Kier molecular flexibility index (Phi) is 4.46. The molecule has 5 heteroatoms. The Labute approximate surface area is 152 Å². The first kappa shape index (κ1) is 16.5. The lowest BCUT2D eigenvalue weighted by atomic mass is 10.0. The van der Waals surface area contributed by atoms with Gasteiger partial charge in [-0.25, -0.2) is 4.98 Å². The molecule has 0 aliphatic carbocycles. The number of likely N-dealkylation sites (tertiary alicyclic amines) is 1. The summed E-state index contributed by atoms with van der Waals surface area (Å²) in [6.07, 6.45) is 0.801. The monoisotopic (exact) mass is 353 g/mol. The smallest absolute Gasteiger partial charge is 0.186 e. The zero-order chi connectivity index (χ0) is 17.3. The molecule has 130 valence electrons. The summed E-state index contributed by atoms with van der Waals surface area (Å²) in [5.74, 6) is 0. The van der Waals surface area contributed by atoms with Crippen molar-refractivity contribution in [3.63, 3.8) is 0 Å². The first-order valence-electron chi connectivity index (χ1n) is 8.67. The Morgan fingerprint density at radius 3 is 2.72 bits per heavy atom. The molecule has 0 amide bonds. The summed E-state index contributed by atoms with van der Waals surface area (Å²) >= 11 is 1.68. The molecule has 1 N–H and O–H groups in total. The van der Waals surface area contributed by atoms with Crippen molar-refractivity contribution in [2.75, 3.05) is 31.6 Å². The molecular weight excluding hydrogens is 330 g/mol. The van der Waals surface area contributed by atoms with Crippen LogP contribution < -0.4 is 4.90 Å². The molecule has 0 radical (unpaired) electrons. The van der Waals surface area contributed by atoms with Crippen LogP contribution in [0.25, 0.3) is 10.2 Å². The lowest BCUT2D eigenvalue weighted by molar-refractivity contribution is 0.0562. The minimum atomic E-state index is -0.679. The number of rotatable bonds is 5. The fourth-order valence-corrected chi connectivity index (χ4v) is 4.50. The lowest BCUT2D eigenvalue weighted by Crippen LogP contribution is -2.43. The van der Waals surface area contributed by atoms with Crippen molar-refractivity contribution < 1.29 is 5.11 Å². The molecule has 25 heavy (non-hydrogen) atoms. The van der Waals surface area contributed by atoms with Gasteiger partial charge in [-0.3, -0.25) is 4.90 Å². The van der Waals surface area contributed by atoms with E-state index in [-0.39, 0.29) is 0 Å². The second-order valence-corrected chi connectivity index (χ2v) is 8.00. The van der Waals surface area contributed by atoms with Gasteiger partial charge in [-0.2, -0.15) is 0 Å². The van der Waals surface area contributed by atoms with Gasteiger partial charge in [0.1, 0.15) is 0 Å². The number of para-hydroxylation sites is 1. The largest absolute Gasteiger partial charge is 0.387 e. The van der Waals surface area contributed by atoms with Crippen molar-refractivity contribution in [2.24, 2.45) is 0 Å². The third kappa shape index (κ3) is 3.68. The Morgan fingerprint density at radius 2 is 1.92 bits per heavy atom. The van der Waals surface area contributed by atoms with Gasteiger partial charge in [-0.05, 0) is 24.1 Å². The maximum absolute atomic E-state index is 11.0. The van der Waals surface area contributed by atoms with E-state index < -0.39 is 5.60 Å². The van der Waals surface area contributed by atoms with Crippen LogP contribution >= 0.6 is 11.3 Å². The van der Waals surface area contributed by atoms with Gasteiger partial charge in [0, 0.05) is 33.2 Å². The highest BCUT2D eigenvalue weighted by Gasteiger charge is 2.37. The number of fused-ring (bicyclic) bond motifs is 1. The van der Waals surface area contributed by atoms with Crippen LogP contribution in [0.1, 0.15) is 12.0 Å². The summed E-state index contributed by atoms with van der Waals surface area (Å²) in [6.45, 7) is 3.14. The third-order valence-corrected chi connectivity index (χ3v) is 5.95. The van der Waals surface area contributed by atoms with Crippen molar-refractivity contribution in [1.82, 2.24) is 9.88 Å². The van der Waals surface area contributed by atoms with Crippen molar-refractivity contribution >= 4 is 26.7 Å². The number of β-amino-alcohol motifs (C(OH)–C–C–N with tert-alkyl or cyclic N) is 1. The van der Waals surface area contributed by atoms with Crippen LogP contribution in [0.15, 0.2) is 54.6 Å². The number of aliphatic hydroxyl groups is 1. The lowest BCUT2D eigenvalue weighted by Gasteiger charge is -2.28. The Hall–Kier alpha value is -1.95. The molecule has 2 aromatic carbocycles. The SMILES string of the molecule is CN(CC1(O)CCN(Cc2ccccc2)C1)c1nc2ccccc2s1. The number of nitrogens with zero attached hydrogens (tertiary/aromatic N) is 3. The molecule has 1 aromatic heterocycles. The van der Waals surface area contributed by atoms with Gasteiger partial charge in [0.25, 0.3) is 0 Å². The molecule has 1 saturated heterocycles. The van der Waals surface area contributed by atoms with Gasteiger partial charge < -0.3 is 10.0 Å². The Bertz CT molecular complexity index is 817. The highest BCUT2D eigenvalue weighted by Crippen LogP contribution is 2.30. The summed E-state index contributed by atoms with van der Waals surface area (Å²) in [6, 6.07) is 18.6. The molecule has 0 saturated carbocycles. The number of thiazole rings is 1. The van der Waals surface area contributed by atoms with Crippen LogP contribution in [0.2, 0.25) is 0 Å². The number of benzene rings is 2. The quantitative estimate of drug-likeness (QED) is 0.763. The number of aromatic nitrogens is 1. The number of hydrogen-bond acceptors (Lipinski definition) is 5. The Morgan fingerprint density at radius 1 is 1.16 bits per heavy atom. The summed E-state index contributed by atoms with van der Waals surface area (Å²) in [5.41, 5.74) is 1.64. The minimum absolute atomic E-state index is 0.609.